The second-order valence-electron chi connectivity index (χ2n) is 3.54. The highest BCUT2D eigenvalue weighted by Gasteiger charge is 2.12. The van der Waals surface area contributed by atoms with E-state index >= 15 is 0 Å². The SMILES string of the molecule is CCCN(CC(=O)OCC)c1ccc(N)nn1. The van der Waals surface area contributed by atoms with Gasteiger partial charge in [-0.2, -0.15) is 0 Å². The van der Waals surface area contributed by atoms with E-state index in [-0.39, 0.29) is 12.5 Å². The number of aromatic nitrogens is 2. The molecule has 1 rings (SSSR count). The quantitative estimate of drug-likeness (QED) is 0.739. The van der Waals surface area contributed by atoms with Gasteiger partial charge in [0.2, 0.25) is 0 Å². The fourth-order valence-electron chi connectivity index (χ4n) is 1.41. The number of rotatable bonds is 6. The molecule has 0 atom stereocenters. The van der Waals surface area contributed by atoms with Gasteiger partial charge in [-0.15, -0.1) is 10.2 Å². The van der Waals surface area contributed by atoms with Crippen molar-refractivity contribution in [2.24, 2.45) is 0 Å². The number of ether oxygens (including phenoxy) is 1. The highest BCUT2D eigenvalue weighted by molar-refractivity contribution is 5.75. The van der Waals surface area contributed by atoms with E-state index in [2.05, 4.69) is 10.2 Å². The fourth-order valence-corrected chi connectivity index (χ4v) is 1.41. The van der Waals surface area contributed by atoms with Gasteiger partial charge in [-0.1, -0.05) is 6.92 Å². The van der Waals surface area contributed by atoms with Crippen LogP contribution in [0.2, 0.25) is 0 Å². The van der Waals surface area contributed by atoms with Crippen LogP contribution in [0.4, 0.5) is 11.6 Å². The lowest BCUT2D eigenvalue weighted by Gasteiger charge is -2.21. The Kier molecular flexibility index (Phi) is 5.19. The number of nitrogens with two attached hydrogens (primary N) is 1. The van der Waals surface area contributed by atoms with Gasteiger partial charge in [-0.05, 0) is 25.5 Å². The Morgan fingerprint density at radius 2 is 2.18 bits per heavy atom. The van der Waals surface area contributed by atoms with Crippen LogP contribution in [0.15, 0.2) is 12.1 Å². The maximum Gasteiger partial charge on any atom is 0.325 e. The number of nitrogen functional groups attached to an aromatic ring is 1. The molecular formula is C11H18N4O2. The minimum Gasteiger partial charge on any atom is -0.465 e. The second kappa shape index (κ2) is 6.67. The van der Waals surface area contributed by atoms with Crippen molar-refractivity contribution in [3.05, 3.63) is 12.1 Å². The van der Waals surface area contributed by atoms with Crippen LogP contribution in [0.25, 0.3) is 0 Å². The zero-order chi connectivity index (χ0) is 12.7. The van der Waals surface area contributed by atoms with Crippen LogP contribution in [-0.4, -0.2) is 35.9 Å². The summed E-state index contributed by atoms with van der Waals surface area (Å²) in [5.74, 6) is 0.731. The lowest BCUT2D eigenvalue weighted by Crippen LogP contribution is -2.32. The number of hydrogen-bond acceptors (Lipinski definition) is 6. The summed E-state index contributed by atoms with van der Waals surface area (Å²) < 4.78 is 4.91. The Morgan fingerprint density at radius 3 is 2.71 bits per heavy atom. The van der Waals surface area contributed by atoms with Crippen LogP contribution in [-0.2, 0) is 9.53 Å². The molecule has 0 unspecified atom stereocenters. The van der Waals surface area contributed by atoms with Crippen molar-refractivity contribution >= 4 is 17.6 Å². The topological polar surface area (TPSA) is 81.3 Å². The smallest absolute Gasteiger partial charge is 0.325 e. The summed E-state index contributed by atoms with van der Waals surface area (Å²) in [6.45, 7) is 5.10. The fraction of sp³-hybridized carbons (Fsp3) is 0.545. The molecular weight excluding hydrogens is 220 g/mol. The zero-order valence-electron chi connectivity index (χ0n) is 10.2. The lowest BCUT2D eigenvalue weighted by molar-refractivity contribution is -0.141. The van der Waals surface area contributed by atoms with Crippen LogP contribution in [0.3, 0.4) is 0 Å². The van der Waals surface area contributed by atoms with E-state index < -0.39 is 0 Å². The number of nitrogens with zero attached hydrogens (tertiary/aromatic N) is 3. The Labute approximate surface area is 101 Å². The summed E-state index contributed by atoms with van der Waals surface area (Å²) in [5, 5.41) is 7.72. The molecule has 6 heteroatoms. The second-order valence-corrected chi connectivity index (χ2v) is 3.54. The Bertz CT molecular complexity index is 353. The first-order valence-electron chi connectivity index (χ1n) is 5.67. The first kappa shape index (κ1) is 13.2. The largest absolute Gasteiger partial charge is 0.465 e. The first-order chi connectivity index (χ1) is 8.17. The monoisotopic (exact) mass is 238 g/mol. The third kappa shape index (κ3) is 4.26. The molecule has 1 aromatic rings. The highest BCUT2D eigenvalue weighted by Crippen LogP contribution is 2.10. The summed E-state index contributed by atoms with van der Waals surface area (Å²) in [6.07, 6.45) is 0.908. The van der Waals surface area contributed by atoms with Gasteiger partial charge in [0.15, 0.2) is 5.82 Å². The van der Waals surface area contributed by atoms with Gasteiger partial charge in [-0.25, -0.2) is 0 Å². The van der Waals surface area contributed by atoms with E-state index in [4.69, 9.17) is 10.5 Å². The van der Waals surface area contributed by atoms with Crippen molar-refractivity contribution < 1.29 is 9.53 Å². The summed E-state index contributed by atoms with van der Waals surface area (Å²) in [7, 11) is 0. The van der Waals surface area contributed by atoms with Crippen molar-refractivity contribution in [1.82, 2.24) is 10.2 Å². The van der Waals surface area contributed by atoms with Crippen molar-refractivity contribution in [2.45, 2.75) is 20.3 Å². The van der Waals surface area contributed by atoms with Crippen LogP contribution in [0, 0.1) is 0 Å². The van der Waals surface area contributed by atoms with Crippen molar-refractivity contribution in [1.29, 1.82) is 0 Å². The van der Waals surface area contributed by atoms with E-state index in [0.717, 1.165) is 13.0 Å². The average Bonchev–Trinajstić information content (AvgIpc) is 2.30. The maximum atomic E-state index is 11.4. The van der Waals surface area contributed by atoms with Gasteiger partial charge in [-0.3, -0.25) is 4.79 Å². The molecule has 0 saturated heterocycles. The molecule has 0 saturated carbocycles. The predicted octanol–water partition coefficient (Wildman–Crippen LogP) is 0.838. The van der Waals surface area contributed by atoms with Gasteiger partial charge in [0.1, 0.15) is 12.4 Å². The molecule has 0 bridgehead atoms. The molecule has 0 spiro atoms. The van der Waals surface area contributed by atoms with Crippen LogP contribution >= 0.6 is 0 Å². The molecule has 0 aliphatic heterocycles. The molecule has 0 radical (unpaired) electrons. The summed E-state index contributed by atoms with van der Waals surface area (Å²) in [5.41, 5.74) is 5.47. The molecule has 1 heterocycles. The molecule has 2 N–H and O–H groups in total. The summed E-state index contributed by atoms with van der Waals surface area (Å²) in [4.78, 5) is 13.3. The Morgan fingerprint density at radius 1 is 1.41 bits per heavy atom. The van der Waals surface area contributed by atoms with Gasteiger partial charge in [0, 0.05) is 6.54 Å². The maximum absolute atomic E-state index is 11.4. The number of hydrogen-bond donors (Lipinski definition) is 1. The normalized spacial score (nSPS) is 10.0. The van der Waals surface area contributed by atoms with Gasteiger partial charge in [0.05, 0.1) is 6.61 Å². The van der Waals surface area contributed by atoms with E-state index in [9.17, 15) is 4.79 Å². The molecule has 0 aliphatic rings. The minimum absolute atomic E-state index is 0.181. The van der Waals surface area contributed by atoms with Crippen molar-refractivity contribution in [3.8, 4) is 0 Å². The third-order valence-electron chi connectivity index (χ3n) is 2.11. The van der Waals surface area contributed by atoms with E-state index in [1.165, 1.54) is 0 Å². The van der Waals surface area contributed by atoms with Gasteiger partial charge in [0.25, 0.3) is 0 Å². The molecule has 0 aromatic carbocycles. The van der Waals surface area contributed by atoms with Gasteiger partial charge < -0.3 is 15.4 Å². The number of carbonyl (C=O) groups excluding carboxylic acids is 1. The minimum atomic E-state index is -0.264. The Hall–Kier alpha value is -1.85. The number of carbonyl (C=O) groups is 1. The zero-order valence-corrected chi connectivity index (χ0v) is 10.2. The lowest BCUT2D eigenvalue weighted by atomic mass is 10.3. The number of esters is 1. The molecule has 0 fully saturated rings. The van der Waals surface area contributed by atoms with Crippen molar-refractivity contribution in [2.75, 3.05) is 30.3 Å². The molecule has 0 aliphatic carbocycles. The van der Waals surface area contributed by atoms with Crippen molar-refractivity contribution in [3.63, 3.8) is 0 Å². The van der Waals surface area contributed by atoms with Crippen LogP contribution in [0.1, 0.15) is 20.3 Å². The molecule has 17 heavy (non-hydrogen) atoms. The van der Waals surface area contributed by atoms with Gasteiger partial charge >= 0.3 is 5.97 Å². The Balaban J connectivity index is 2.71. The molecule has 1 aromatic heterocycles. The standard InChI is InChI=1S/C11H18N4O2/c1-3-7-15(8-11(16)17-4-2)10-6-5-9(12)13-14-10/h5-6H,3-4,7-8H2,1-2H3,(H2,12,13). The molecule has 94 valence electrons. The van der Waals surface area contributed by atoms with Crippen LogP contribution < -0.4 is 10.6 Å². The average molecular weight is 238 g/mol. The first-order valence-corrected chi connectivity index (χ1v) is 5.67. The van der Waals surface area contributed by atoms with Crippen LogP contribution in [0.5, 0.6) is 0 Å². The summed E-state index contributed by atoms with van der Waals surface area (Å²) in [6, 6.07) is 3.41. The summed E-state index contributed by atoms with van der Waals surface area (Å²) >= 11 is 0. The third-order valence-corrected chi connectivity index (χ3v) is 2.11. The number of anilines is 2. The van der Waals surface area contributed by atoms with E-state index in [0.29, 0.717) is 18.2 Å². The predicted molar refractivity (Wildman–Crippen MR) is 65.6 cm³/mol. The highest BCUT2D eigenvalue weighted by atomic mass is 16.5. The van der Waals surface area contributed by atoms with E-state index in [1.807, 2.05) is 11.8 Å². The van der Waals surface area contributed by atoms with E-state index in [1.54, 1.807) is 19.1 Å². The molecule has 6 nitrogen and oxygen atoms in total. The molecule has 0 amide bonds.